The Hall–Kier alpha value is -2.70. The average Bonchev–Trinajstić information content (AvgIpc) is 1.54. The zero-order chi connectivity index (χ0) is 60.0. The molecule has 0 unspecified atom stereocenters. The van der Waals surface area contributed by atoms with Crippen molar-refractivity contribution in [2.75, 3.05) is 0 Å². The fourth-order valence-corrected chi connectivity index (χ4v) is 17.3. The summed E-state index contributed by atoms with van der Waals surface area (Å²) in [4.78, 5) is 0. The summed E-state index contributed by atoms with van der Waals surface area (Å²) in [6.07, 6.45) is 77.5. The molecular formula is C80H130N4S2. The summed E-state index contributed by atoms with van der Waals surface area (Å²) >= 11 is 2.85. The fraction of sp³-hybridized carbons (Fsp3) is 0.775. The van der Waals surface area contributed by atoms with Gasteiger partial charge in [-0.15, -0.1) is 0 Å². The van der Waals surface area contributed by atoms with Crippen molar-refractivity contribution in [2.45, 2.75) is 398 Å². The smallest absolute Gasteiger partial charge is 0.112 e. The van der Waals surface area contributed by atoms with Crippen LogP contribution in [0, 0.1) is 0 Å². The third-order valence-electron chi connectivity index (χ3n) is 21.4. The fourth-order valence-electron chi connectivity index (χ4n) is 16.2. The van der Waals surface area contributed by atoms with Crippen molar-refractivity contribution in [3.63, 3.8) is 0 Å². The Morgan fingerprint density at radius 1 is 0.244 bits per heavy atom. The third-order valence-corrected chi connectivity index (χ3v) is 22.5. The van der Waals surface area contributed by atoms with E-state index in [1.807, 2.05) is 0 Å². The summed E-state index contributed by atoms with van der Waals surface area (Å²) in [6.45, 7) is 9.32. The highest BCUT2D eigenvalue weighted by molar-refractivity contribution is 7.00. The summed E-state index contributed by atoms with van der Waals surface area (Å²) < 4.78 is 20.4. The number of nitrogens with zero attached hydrogens (tertiary/aromatic N) is 4. The number of benzene rings is 3. The van der Waals surface area contributed by atoms with E-state index >= 15 is 0 Å². The van der Waals surface area contributed by atoms with Crippen LogP contribution < -0.4 is 0 Å². The van der Waals surface area contributed by atoms with Gasteiger partial charge in [0.15, 0.2) is 0 Å². The maximum Gasteiger partial charge on any atom is 0.112 e. The molecular weight excluding hydrogens is 1080 g/mol. The molecule has 0 fully saturated rings. The molecule has 0 amide bonds. The molecule has 0 aliphatic heterocycles. The van der Waals surface area contributed by atoms with Gasteiger partial charge in [-0.3, -0.25) is 0 Å². The standard InChI is InChI=1S/C80H130N4S2/c1-5-9-13-17-21-25-29-33-37-41-45-49-53-61-79(62-54-50-46-42-38-34-30-26-22-18-14-10-6-2)69-57-59-73-77(83-85-81-73)75(69)67-66-72-68(65-71(67)79)76-70(58-60-74-78(76)84-86-82-74)80(72,63-55-51-47-43-39-35-31-27-23-19-15-11-7-3)64-56-52-48-44-40-36-32-28-24-20-16-12-8-4/h57-60,65-66H,5-56,61-64H2,1-4H3. The lowest BCUT2D eigenvalue weighted by molar-refractivity contribution is 0.393. The predicted molar refractivity (Wildman–Crippen MR) is 382 cm³/mol. The normalized spacial score (nSPS) is 13.8. The maximum atomic E-state index is 5.24. The van der Waals surface area contributed by atoms with Gasteiger partial charge >= 0.3 is 0 Å². The van der Waals surface area contributed by atoms with E-state index in [1.54, 1.807) is 22.3 Å². The van der Waals surface area contributed by atoms with Crippen LogP contribution in [0.3, 0.4) is 0 Å². The minimum Gasteiger partial charge on any atom is -0.173 e. The van der Waals surface area contributed by atoms with E-state index in [9.17, 15) is 0 Å². The highest BCUT2D eigenvalue weighted by Crippen LogP contribution is 2.62. The largest absolute Gasteiger partial charge is 0.173 e. The van der Waals surface area contributed by atoms with Gasteiger partial charge in [0, 0.05) is 22.0 Å². The van der Waals surface area contributed by atoms with Gasteiger partial charge in [0.25, 0.3) is 0 Å². The quantitative estimate of drug-likeness (QED) is 0.0364. The van der Waals surface area contributed by atoms with Crippen LogP contribution in [0.2, 0.25) is 0 Å². The van der Waals surface area contributed by atoms with E-state index in [0.717, 1.165) is 22.1 Å². The third kappa shape index (κ3) is 21.7. The van der Waals surface area contributed by atoms with Gasteiger partial charge in [0.05, 0.1) is 23.5 Å². The molecule has 482 valence electrons. The molecule has 86 heavy (non-hydrogen) atoms. The lowest BCUT2D eigenvalue weighted by Gasteiger charge is -2.35. The summed E-state index contributed by atoms with van der Waals surface area (Å²) in [5.41, 5.74) is 16.7. The lowest BCUT2D eigenvalue weighted by Crippen LogP contribution is -2.27. The Bertz CT molecular complexity index is 2300. The van der Waals surface area contributed by atoms with Crippen molar-refractivity contribution >= 4 is 45.5 Å². The van der Waals surface area contributed by atoms with Crippen molar-refractivity contribution in [3.8, 4) is 22.3 Å². The summed E-state index contributed by atoms with van der Waals surface area (Å²) in [7, 11) is 0. The van der Waals surface area contributed by atoms with Gasteiger partial charge in [-0.2, -0.15) is 17.5 Å². The maximum absolute atomic E-state index is 5.24. The monoisotopic (exact) mass is 1210 g/mol. The molecule has 2 aromatic heterocycles. The minimum absolute atomic E-state index is 0.0310. The molecule has 2 heterocycles. The minimum atomic E-state index is -0.0310. The van der Waals surface area contributed by atoms with Gasteiger partial charge in [-0.05, 0) is 83.3 Å². The van der Waals surface area contributed by atoms with Gasteiger partial charge in [0.2, 0.25) is 0 Å². The Kier molecular flexibility index (Phi) is 34.9. The van der Waals surface area contributed by atoms with Crippen molar-refractivity contribution in [2.24, 2.45) is 0 Å². The molecule has 0 N–H and O–H groups in total. The molecule has 0 atom stereocenters. The lowest BCUT2D eigenvalue weighted by atomic mass is 9.68. The van der Waals surface area contributed by atoms with Gasteiger partial charge < -0.3 is 0 Å². The Morgan fingerprint density at radius 2 is 0.453 bits per heavy atom. The molecule has 4 nitrogen and oxygen atoms in total. The molecule has 3 aromatic carbocycles. The van der Waals surface area contributed by atoms with Crippen LogP contribution >= 0.6 is 23.5 Å². The van der Waals surface area contributed by atoms with Gasteiger partial charge in [-0.1, -0.05) is 374 Å². The number of aromatic nitrogens is 4. The number of hydrogen-bond acceptors (Lipinski definition) is 6. The van der Waals surface area contributed by atoms with E-state index in [4.69, 9.17) is 17.5 Å². The van der Waals surface area contributed by atoms with Gasteiger partial charge in [0.1, 0.15) is 22.1 Å². The first-order valence-corrected chi connectivity index (χ1v) is 39.8. The molecule has 7 rings (SSSR count). The van der Waals surface area contributed by atoms with E-state index in [2.05, 4.69) is 64.1 Å². The summed E-state index contributed by atoms with van der Waals surface area (Å²) in [5.74, 6) is 0. The molecule has 0 saturated carbocycles. The molecule has 0 saturated heterocycles. The highest BCUT2D eigenvalue weighted by atomic mass is 32.1. The number of rotatable bonds is 56. The van der Waals surface area contributed by atoms with Crippen LogP contribution in [-0.2, 0) is 10.8 Å². The molecule has 6 heteroatoms. The highest BCUT2D eigenvalue weighted by Gasteiger charge is 2.49. The van der Waals surface area contributed by atoms with Crippen LogP contribution in [0.1, 0.15) is 410 Å². The molecule has 2 aliphatic carbocycles. The Labute approximate surface area is 538 Å². The first-order chi connectivity index (χ1) is 42.6. The first-order valence-electron chi connectivity index (χ1n) is 38.3. The summed E-state index contributed by atoms with van der Waals surface area (Å²) in [5, 5.41) is 0. The van der Waals surface area contributed by atoms with Crippen molar-refractivity contribution in [1.82, 2.24) is 17.5 Å². The van der Waals surface area contributed by atoms with Crippen molar-refractivity contribution in [1.29, 1.82) is 0 Å². The molecule has 0 radical (unpaired) electrons. The Balaban J connectivity index is 1.13. The molecule has 2 aliphatic rings. The van der Waals surface area contributed by atoms with Crippen LogP contribution in [0.4, 0.5) is 0 Å². The SMILES string of the molecule is CCCCCCCCCCCCCCCC1(CCCCCCCCCCCCCCC)c2cc3c(cc2-c2c1ccc1nsnc21)C(CCCCCCCCCCCCCCC)(CCCCCCCCCCCCCCC)c1ccc2nsnc2c1-3. The van der Waals surface area contributed by atoms with Gasteiger partial charge in [-0.25, -0.2) is 0 Å². The molecule has 0 spiro atoms. The second-order valence-corrected chi connectivity index (χ2v) is 29.4. The van der Waals surface area contributed by atoms with Crippen molar-refractivity contribution < 1.29 is 0 Å². The zero-order valence-corrected chi connectivity index (χ0v) is 58.3. The predicted octanol–water partition coefficient (Wildman–Crippen LogP) is 28.2. The Morgan fingerprint density at radius 3 is 0.674 bits per heavy atom. The van der Waals surface area contributed by atoms with E-state index in [-0.39, 0.29) is 10.8 Å². The first kappa shape index (κ1) is 70.8. The topological polar surface area (TPSA) is 51.6 Å². The molecule has 0 bridgehead atoms. The van der Waals surface area contributed by atoms with Crippen molar-refractivity contribution in [3.05, 3.63) is 58.7 Å². The van der Waals surface area contributed by atoms with E-state index in [1.165, 1.54) is 405 Å². The van der Waals surface area contributed by atoms with E-state index < -0.39 is 0 Å². The van der Waals surface area contributed by atoms with Crippen LogP contribution in [0.5, 0.6) is 0 Å². The van der Waals surface area contributed by atoms with Crippen LogP contribution in [0.25, 0.3) is 44.3 Å². The van der Waals surface area contributed by atoms with E-state index in [0.29, 0.717) is 0 Å². The number of fused-ring (bicyclic) bond motifs is 10. The van der Waals surface area contributed by atoms with Crippen LogP contribution in [0.15, 0.2) is 36.4 Å². The average molecular weight is 1210 g/mol. The number of hydrogen-bond donors (Lipinski definition) is 0. The second kappa shape index (κ2) is 42.4. The zero-order valence-electron chi connectivity index (χ0n) is 56.7. The second-order valence-electron chi connectivity index (χ2n) is 28.3. The summed E-state index contributed by atoms with van der Waals surface area (Å²) in [6, 6.07) is 15.4. The van der Waals surface area contributed by atoms with Crippen LogP contribution in [-0.4, -0.2) is 17.5 Å². The number of unbranched alkanes of at least 4 members (excludes halogenated alkanes) is 48. The molecule has 5 aromatic rings.